The van der Waals surface area contributed by atoms with Gasteiger partial charge in [-0.1, -0.05) is 31.2 Å². The van der Waals surface area contributed by atoms with Crippen LogP contribution in [0.3, 0.4) is 0 Å². The number of piperazine rings is 1. The number of ether oxygens (including phenoxy) is 1. The van der Waals surface area contributed by atoms with E-state index in [1.54, 1.807) is 24.3 Å². The third-order valence-electron chi connectivity index (χ3n) is 8.04. The van der Waals surface area contributed by atoms with Crippen LogP contribution >= 0.6 is 0 Å². The number of halogens is 2. The monoisotopic (exact) mass is 533 g/mol. The number of phenolic OH excluding ortho intramolecular Hbond substituents is 1. The molecule has 1 aliphatic carbocycles. The van der Waals surface area contributed by atoms with Gasteiger partial charge in [0.05, 0.1) is 11.1 Å². The molecule has 1 saturated carbocycles. The minimum Gasteiger partial charge on any atom is -0.508 e. The molecule has 1 aromatic heterocycles. The summed E-state index contributed by atoms with van der Waals surface area (Å²) in [4.78, 5) is 11.2. The summed E-state index contributed by atoms with van der Waals surface area (Å²) in [6.07, 6.45) is 3.63. The largest absolute Gasteiger partial charge is 0.508 e. The summed E-state index contributed by atoms with van der Waals surface area (Å²) in [5, 5.41) is 15.5. The van der Waals surface area contributed by atoms with Crippen LogP contribution in [0, 0.1) is 11.6 Å². The van der Waals surface area contributed by atoms with Crippen LogP contribution in [0.15, 0.2) is 42.5 Å². The molecule has 4 aromatic rings. The second-order valence-electron chi connectivity index (χ2n) is 11.1. The highest BCUT2D eigenvalue weighted by Gasteiger charge is 2.34. The van der Waals surface area contributed by atoms with E-state index in [2.05, 4.69) is 34.0 Å². The number of phenols is 1. The first-order valence-corrected chi connectivity index (χ1v) is 13.6. The average Bonchev–Trinajstić information content (AvgIpc) is 2.90. The van der Waals surface area contributed by atoms with E-state index >= 15 is 8.78 Å². The maximum Gasteiger partial charge on any atom is 0.319 e. The van der Waals surface area contributed by atoms with E-state index in [-0.39, 0.29) is 52.5 Å². The number of nitrogens with zero attached hydrogens (tertiary/aromatic N) is 3. The summed E-state index contributed by atoms with van der Waals surface area (Å²) in [5.74, 6) is -1.22. The van der Waals surface area contributed by atoms with E-state index in [0.29, 0.717) is 29.7 Å². The Bertz CT molecular complexity index is 1560. The lowest BCUT2D eigenvalue weighted by Gasteiger charge is -2.39. The number of aromatic hydroxyl groups is 1. The zero-order valence-electron chi connectivity index (χ0n) is 22.2. The van der Waals surface area contributed by atoms with E-state index in [4.69, 9.17) is 10.5 Å². The fraction of sp³-hybridized carbons (Fsp3) is 0.400. The van der Waals surface area contributed by atoms with E-state index in [1.807, 2.05) is 6.07 Å². The van der Waals surface area contributed by atoms with Gasteiger partial charge in [-0.15, -0.1) is 0 Å². The van der Waals surface area contributed by atoms with Crippen LogP contribution in [0.5, 0.6) is 11.8 Å². The third-order valence-corrected chi connectivity index (χ3v) is 8.04. The molecule has 7 nitrogen and oxygen atoms in total. The smallest absolute Gasteiger partial charge is 0.319 e. The zero-order valence-corrected chi connectivity index (χ0v) is 22.2. The van der Waals surface area contributed by atoms with Crippen LogP contribution < -0.4 is 20.7 Å². The number of rotatable bonds is 6. The molecule has 3 aromatic carbocycles. The van der Waals surface area contributed by atoms with Gasteiger partial charge in [0, 0.05) is 30.6 Å². The van der Waals surface area contributed by atoms with Crippen LogP contribution in [0.25, 0.3) is 32.8 Å². The van der Waals surface area contributed by atoms with Crippen LogP contribution in [0.1, 0.15) is 39.5 Å². The van der Waals surface area contributed by atoms with E-state index in [0.717, 1.165) is 25.7 Å². The molecule has 2 heterocycles. The Morgan fingerprint density at radius 3 is 2.67 bits per heavy atom. The fourth-order valence-corrected chi connectivity index (χ4v) is 5.80. The summed E-state index contributed by atoms with van der Waals surface area (Å²) in [6, 6.07) is 11.8. The molecule has 0 radical (unpaired) electrons. The molecule has 39 heavy (non-hydrogen) atoms. The van der Waals surface area contributed by atoms with Gasteiger partial charge in [-0.25, -0.2) is 8.78 Å². The van der Waals surface area contributed by atoms with Crippen LogP contribution in [-0.4, -0.2) is 52.4 Å². The highest BCUT2D eigenvalue weighted by Crippen LogP contribution is 2.40. The Labute approximate surface area is 226 Å². The zero-order chi connectivity index (χ0) is 27.3. The molecule has 0 spiro atoms. The molecule has 204 valence electrons. The van der Waals surface area contributed by atoms with Gasteiger partial charge in [0.25, 0.3) is 0 Å². The number of fused-ring (bicyclic) bond motifs is 2. The highest BCUT2D eigenvalue weighted by atomic mass is 19.1. The van der Waals surface area contributed by atoms with Crippen molar-refractivity contribution in [2.45, 2.75) is 57.2 Å². The second-order valence-corrected chi connectivity index (χ2v) is 11.1. The molecule has 2 atom stereocenters. The van der Waals surface area contributed by atoms with Gasteiger partial charge in [-0.05, 0) is 67.1 Å². The molecule has 0 unspecified atom stereocenters. The first-order valence-electron chi connectivity index (χ1n) is 13.6. The average molecular weight is 534 g/mol. The molecule has 2 fully saturated rings. The summed E-state index contributed by atoms with van der Waals surface area (Å²) in [5.41, 5.74) is 5.90. The van der Waals surface area contributed by atoms with Gasteiger partial charge >= 0.3 is 6.01 Å². The molecule has 1 saturated heterocycles. The Kier molecular flexibility index (Phi) is 6.51. The van der Waals surface area contributed by atoms with E-state index < -0.39 is 17.2 Å². The predicted octanol–water partition coefficient (Wildman–Crippen LogP) is 5.27. The topological polar surface area (TPSA) is 96.5 Å². The van der Waals surface area contributed by atoms with Crippen LogP contribution in [0.2, 0.25) is 0 Å². The fourth-order valence-electron chi connectivity index (χ4n) is 5.80. The number of anilines is 1. The number of benzene rings is 3. The van der Waals surface area contributed by atoms with Crippen molar-refractivity contribution in [1.82, 2.24) is 15.3 Å². The first kappa shape index (κ1) is 25.7. The quantitative estimate of drug-likeness (QED) is 0.311. The third kappa shape index (κ3) is 4.74. The van der Waals surface area contributed by atoms with E-state index in [9.17, 15) is 5.11 Å². The molecule has 9 heteroatoms. The molecule has 2 aliphatic rings. The second kappa shape index (κ2) is 9.88. The van der Waals surface area contributed by atoms with Crippen molar-refractivity contribution in [3.05, 3.63) is 54.1 Å². The molecule has 0 amide bonds. The van der Waals surface area contributed by atoms with Crippen molar-refractivity contribution >= 4 is 27.5 Å². The lowest BCUT2D eigenvalue weighted by molar-refractivity contribution is 0.134. The Morgan fingerprint density at radius 1 is 1.13 bits per heavy atom. The predicted molar refractivity (Wildman–Crippen MR) is 149 cm³/mol. The van der Waals surface area contributed by atoms with Crippen molar-refractivity contribution in [1.29, 1.82) is 0 Å². The van der Waals surface area contributed by atoms with Gasteiger partial charge < -0.3 is 25.8 Å². The number of hydrogen-bond donors (Lipinski definition) is 3. The molecular weight excluding hydrogens is 500 g/mol. The van der Waals surface area contributed by atoms with Crippen LogP contribution in [0.4, 0.5) is 14.6 Å². The van der Waals surface area contributed by atoms with Crippen molar-refractivity contribution in [2.24, 2.45) is 5.73 Å². The normalized spacial score (nSPS) is 20.8. The standard InChI is InChI=1S/C30H33F2N5O2/c1-3-19-15-37(14-17(2)34-19)28-23-13-24(31)25(22-12-20(38)11-18-7-4-5-8-21(18)22)26(32)27(23)35-29(36-28)39-16-30(33)9-6-10-30/h4-5,7-8,11-13,17,19,34,38H,3,6,9-10,14-16,33H2,1-2H3/t17-,19-/m1/s1. The minimum atomic E-state index is -0.824. The van der Waals surface area contributed by atoms with Gasteiger partial charge in [-0.2, -0.15) is 9.97 Å². The number of hydrogen-bond acceptors (Lipinski definition) is 7. The number of aromatic nitrogens is 2. The lowest BCUT2D eigenvalue weighted by atomic mass is 9.78. The first-order chi connectivity index (χ1) is 18.7. The maximum atomic E-state index is 16.5. The van der Waals surface area contributed by atoms with Crippen molar-refractivity contribution in [3.8, 4) is 22.9 Å². The lowest BCUT2D eigenvalue weighted by Crippen LogP contribution is -2.55. The summed E-state index contributed by atoms with van der Waals surface area (Å²) in [6.45, 7) is 5.66. The van der Waals surface area contributed by atoms with Crippen molar-refractivity contribution in [3.63, 3.8) is 0 Å². The molecule has 0 bridgehead atoms. The summed E-state index contributed by atoms with van der Waals surface area (Å²) >= 11 is 0. The maximum absolute atomic E-state index is 16.5. The molecule has 1 aliphatic heterocycles. The SMILES string of the molecule is CC[C@@H]1CN(c2nc(OCC3(N)CCC3)nc3c(F)c(-c4cc(O)cc5ccccc45)c(F)cc23)C[C@@H](C)N1. The minimum absolute atomic E-state index is 0.0192. The van der Waals surface area contributed by atoms with Crippen molar-refractivity contribution in [2.75, 3.05) is 24.6 Å². The summed E-state index contributed by atoms with van der Waals surface area (Å²) < 4.78 is 38.3. The van der Waals surface area contributed by atoms with Gasteiger partial charge in [-0.3, -0.25) is 0 Å². The Balaban J connectivity index is 1.54. The van der Waals surface area contributed by atoms with E-state index in [1.165, 1.54) is 12.1 Å². The number of nitrogens with one attached hydrogen (secondary N) is 1. The Hall–Kier alpha value is -3.56. The summed E-state index contributed by atoms with van der Waals surface area (Å²) in [7, 11) is 0. The van der Waals surface area contributed by atoms with Gasteiger partial charge in [0.1, 0.15) is 29.5 Å². The Morgan fingerprint density at radius 2 is 1.92 bits per heavy atom. The van der Waals surface area contributed by atoms with Crippen molar-refractivity contribution < 1.29 is 18.6 Å². The van der Waals surface area contributed by atoms with Gasteiger partial charge in [0.2, 0.25) is 0 Å². The molecule has 4 N–H and O–H groups in total. The van der Waals surface area contributed by atoms with Gasteiger partial charge in [0.15, 0.2) is 5.82 Å². The number of nitrogens with two attached hydrogens (primary N) is 1. The molecule has 6 rings (SSSR count). The highest BCUT2D eigenvalue weighted by molar-refractivity contribution is 6.01. The van der Waals surface area contributed by atoms with Crippen LogP contribution in [-0.2, 0) is 0 Å². The molecular formula is C30H33F2N5O2.